The molecule has 4 aliphatic rings. The summed E-state index contributed by atoms with van der Waals surface area (Å²) < 4.78 is 51.6. The summed E-state index contributed by atoms with van der Waals surface area (Å²) in [5, 5.41) is 2.75. The van der Waals surface area contributed by atoms with E-state index in [1.165, 1.54) is 6.20 Å². The van der Waals surface area contributed by atoms with Crippen LogP contribution in [0.5, 0.6) is 5.88 Å². The summed E-state index contributed by atoms with van der Waals surface area (Å²) >= 11 is 0. The second-order valence-corrected chi connectivity index (χ2v) is 11.4. The largest absolute Gasteiger partial charge is 0.473 e. The molecule has 0 unspecified atom stereocenters. The quantitative estimate of drug-likeness (QED) is 0.345. The number of hydrogen-bond acceptors (Lipinski definition) is 7. The van der Waals surface area contributed by atoms with E-state index in [4.69, 9.17) is 9.47 Å². The third-order valence-corrected chi connectivity index (χ3v) is 8.48. The number of aromatic nitrogens is 3. The van der Waals surface area contributed by atoms with Crippen LogP contribution >= 0.6 is 0 Å². The number of hydrogen-bond donors (Lipinski definition) is 1. The zero-order valence-corrected chi connectivity index (χ0v) is 22.4. The van der Waals surface area contributed by atoms with E-state index in [0.717, 1.165) is 11.1 Å². The molecule has 3 aromatic rings. The van der Waals surface area contributed by atoms with Gasteiger partial charge in [0.2, 0.25) is 11.8 Å². The smallest absolute Gasteiger partial charge is 0.394 e. The Hall–Kier alpha value is -3.86. The molecule has 2 bridgehead atoms. The van der Waals surface area contributed by atoms with Crippen LogP contribution in [-0.4, -0.2) is 39.4 Å². The number of nitrogens with zero attached hydrogens (tertiary/aromatic N) is 3. The minimum absolute atomic E-state index is 0.00425. The first-order valence-corrected chi connectivity index (χ1v) is 13.6. The molecular weight excluding hydrogens is 537 g/mol. The van der Waals surface area contributed by atoms with Crippen molar-refractivity contribution in [2.75, 3.05) is 11.9 Å². The van der Waals surface area contributed by atoms with Crippen LogP contribution in [0.2, 0.25) is 0 Å². The topological polar surface area (TPSA) is 103 Å². The van der Waals surface area contributed by atoms with Gasteiger partial charge in [-0.3, -0.25) is 9.59 Å². The molecule has 1 amide bonds. The number of Topliss-reactive ketones (excluding diaryl/α,β-unsaturated/α-hetero) is 1. The van der Waals surface area contributed by atoms with Gasteiger partial charge in [-0.05, 0) is 56.2 Å². The number of ketones is 1. The molecule has 11 heteroatoms. The number of aryl methyl sites for hydroxylation is 1. The van der Waals surface area contributed by atoms with E-state index < -0.39 is 28.7 Å². The van der Waals surface area contributed by atoms with E-state index >= 15 is 0 Å². The lowest BCUT2D eigenvalue weighted by molar-refractivity contribution is -0.346. The number of carbonyl (C=O) groups excluding carboxylic acids is 2. The molecule has 0 spiro atoms. The molecule has 3 saturated carbocycles. The number of pyridine rings is 1. The van der Waals surface area contributed by atoms with Crippen molar-refractivity contribution in [1.29, 1.82) is 0 Å². The number of nitrogens with one attached hydrogen (secondary N) is 1. The van der Waals surface area contributed by atoms with Gasteiger partial charge >= 0.3 is 6.18 Å². The molecule has 41 heavy (non-hydrogen) atoms. The van der Waals surface area contributed by atoms with Crippen molar-refractivity contribution in [3.63, 3.8) is 0 Å². The number of alkyl halides is 3. The third-order valence-electron chi connectivity index (χ3n) is 8.48. The van der Waals surface area contributed by atoms with Crippen molar-refractivity contribution in [3.8, 4) is 5.88 Å². The van der Waals surface area contributed by atoms with E-state index in [2.05, 4.69) is 20.3 Å². The summed E-state index contributed by atoms with van der Waals surface area (Å²) in [6.07, 6.45) is -1.49. The fourth-order valence-corrected chi connectivity index (χ4v) is 6.20. The van der Waals surface area contributed by atoms with Gasteiger partial charge in [-0.1, -0.05) is 30.3 Å². The highest BCUT2D eigenvalue weighted by Gasteiger charge is 2.81. The summed E-state index contributed by atoms with van der Waals surface area (Å²) in [6, 6.07) is 13.4. The van der Waals surface area contributed by atoms with Crippen molar-refractivity contribution in [2.45, 2.75) is 57.9 Å². The first kappa shape index (κ1) is 27.3. The SMILES string of the molecule is Cc1cnc(C(=O)C23CC(C(F)(F)F)(C2)C3)c(NC(=O)[C@H]2CCO[C@@H](c3ccc(OCc4ccccc4)nc3)C2)n1. The fourth-order valence-electron chi connectivity index (χ4n) is 6.20. The van der Waals surface area contributed by atoms with Crippen LogP contribution in [0, 0.1) is 23.7 Å². The average Bonchev–Trinajstić information content (AvgIpc) is 2.90. The van der Waals surface area contributed by atoms with Gasteiger partial charge < -0.3 is 14.8 Å². The Labute approximate surface area is 234 Å². The molecule has 1 aromatic carbocycles. The summed E-state index contributed by atoms with van der Waals surface area (Å²) in [6.45, 7) is 2.41. The van der Waals surface area contributed by atoms with Crippen LogP contribution < -0.4 is 10.1 Å². The molecule has 1 aliphatic heterocycles. The maximum Gasteiger partial charge on any atom is 0.394 e. The Balaban J connectivity index is 1.09. The predicted molar refractivity (Wildman–Crippen MR) is 141 cm³/mol. The number of amides is 1. The van der Waals surface area contributed by atoms with Gasteiger partial charge in [0.15, 0.2) is 11.6 Å². The molecule has 8 nitrogen and oxygen atoms in total. The van der Waals surface area contributed by atoms with Gasteiger partial charge in [0, 0.05) is 36.4 Å². The summed E-state index contributed by atoms with van der Waals surface area (Å²) in [5.41, 5.74) is -0.608. The standard InChI is InChI=1S/C30H29F3N4O4/c1-18-12-35-24(25(38)28-15-29(16-28,17-28)30(31,32)33)26(36-18)37-27(39)20-9-10-40-22(11-20)21-7-8-23(34-13-21)41-14-19-5-3-2-4-6-19/h2-8,12-13,20,22H,9-11,14-17H2,1H3,(H,36,37,39)/t20-,22+,28?,29?/m0/s1. The van der Waals surface area contributed by atoms with E-state index in [9.17, 15) is 22.8 Å². The van der Waals surface area contributed by atoms with Crippen molar-refractivity contribution in [2.24, 2.45) is 16.7 Å². The second kappa shape index (κ2) is 10.2. The molecule has 3 aliphatic carbocycles. The lowest BCUT2D eigenvalue weighted by atomic mass is 9.33. The number of halogens is 3. The molecule has 4 fully saturated rings. The summed E-state index contributed by atoms with van der Waals surface area (Å²) in [5.74, 6) is -0.793. The minimum Gasteiger partial charge on any atom is -0.473 e. The molecule has 1 saturated heterocycles. The van der Waals surface area contributed by atoms with Crippen LogP contribution in [0.15, 0.2) is 54.9 Å². The van der Waals surface area contributed by atoms with Gasteiger partial charge in [0.05, 0.1) is 17.2 Å². The molecule has 2 atom stereocenters. The van der Waals surface area contributed by atoms with E-state index in [0.29, 0.717) is 37.6 Å². The Morgan fingerprint density at radius 1 is 1.07 bits per heavy atom. The summed E-state index contributed by atoms with van der Waals surface area (Å²) in [7, 11) is 0. The Morgan fingerprint density at radius 3 is 2.51 bits per heavy atom. The number of benzene rings is 1. The number of rotatable bonds is 8. The molecule has 2 aromatic heterocycles. The zero-order valence-electron chi connectivity index (χ0n) is 22.4. The number of carbonyl (C=O) groups is 2. The van der Waals surface area contributed by atoms with Crippen LogP contribution in [0.25, 0.3) is 0 Å². The van der Waals surface area contributed by atoms with Gasteiger partial charge in [-0.15, -0.1) is 0 Å². The van der Waals surface area contributed by atoms with Gasteiger partial charge in [0.1, 0.15) is 12.3 Å². The van der Waals surface area contributed by atoms with Gasteiger partial charge in [-0.2, -0.15) is 13.2 Å². The molecule has 7 rings (SSSR count). The third kappa shape index (κ3) is 5.07. The lowest BCUT2D eigenvalue weighted by Gasteiger charge is -2.69. The first-order valence-electron chi connectivity index (χ1n) is 13.6. The molecule has 214 valence electrons. The average molecular weight is 567 g/mol. The van der Waals surface area contributed by atoms with Crippen molar-refractivity contribution in [1.82, 2.24) is 15.0 Å². The second-order valence-electron chi connectivity index (χ2n) is 11.4. The minimum atomic E-state index is -4.32. The van der Waals surface area contributed by atoms with E-state index in [1.807, 2.05) is 36.4 Å². The summed E-state index contributed by atoms with van der Waals surface area (Å²) in [4.78, 5) is 39.5. The van der Waals surface area contributed by atoms with Crippen LogP contribution in [0.4, 0.5) is 19.0 Å². The van der Waals surface area contributed by atoms with Gasteiger partial charge in [-0.25, -0.2) is 15.0 Å². The number of anilines is 1. The fraction of sp³-hybridized carbons (Fsp3) is 0.433. The molecule has 1 N–H and O–H groups in total. The highest BCUT2D eigenvalue weighted by atomic mass is 19.4. The van der Waals surface area contributed by atoms with E-state index in [1.54, 1.807) is 19.2 Å². The molecule has 3 heterocycles. The van der Waals surface area contributed by atoms with Crippen molar-refractivity contribution in [3.05, 3.63) is 77.4 Å². The number of ether oxygens (including phenoxy) is 2. The monoisotopic (exact) mass is 566 g/mol. The highest BCUT2D eigenvalue weighted by Crippen LogP contribution is 2.79. The van der Waals surface area contributed by atoms with E-state index in [-0.39, 0.29) is 42.8 Å². The Morgan fingerprint density at radius 2 is 1.83 bits per heavy atom. The lowest BCUT2D eigenvalue weighted by Crippen LogP contribution is -2.71. The van der Waals surface area contributed by atoms with Crippen molar-refractivity contribution < 1.29 is 32.2 Å². The van der Waals surface area contributed by atoms with Crippen LogP contribution in [-0.2, 0) is 16.1 Å². The normalized spacial score (nSPS) is 26.8. The van der Waals surface area contributed by atoms with Gasteiger partial charge in [0.25, 0.3) is 0 Å². The first-order chi connectivity index (χ1) is 19.6. The Bertz CT molecular complexity index is 1440. The maximum absolute atomic E-state index is 13.3. The Kier molecular flexibility index (Phi) is 6.80. The van der Waals surface area contributed by atoms with Crippen LogP contribution in [0.3, 0.4) is 0 Å². The molecular formula is C30H29F3N4O4. The predicted octanol–water partition coefficient (Wildman–Crippen LogP) is 5.78. The maximum atomic E-state index is 13.3. The zero-order chi connectivity index (χ0) is 28.8. The highest BCUT2D eigenvalue weighted by molar-refractivity contribution is 6.07. The molecule has 0 radical (unpaired) electrons. The van der Waals surface area contributed by atoms with Crippen LogP contribution in [0.1, 0.15) is 65.5 Å². The van der Waals surface area contributed by atoms with Crippen molar-refractivity contribution >= 4 is 17.5 Å².